The Morgan fingerprint density at radius 1 is 1.44 bits per heavy atom. The minimum atomic E-state index is -0.321. The molecule has 1 fully saturated rings. The number of aryl methyl sites for hydroxylation is 1. The number of carbonyl (C=O) groups is 1. The summed E-state index contributed by atoms with van der Waals surface area (Å²) >= 11 is 0. The van der Waals surface area contributed by atoms with E-state index in [4.69, 9.17) is 4.74 Å². The Morgan fingerprint density at radius 2 is 2.12 bits per heavy atom. The summed E-state index contributed by atoms with van der Waals surface area (Å²) in [6.07, 6.45) is 2.30. The Balaban J connectivity index is 2.22. The van der Waals surface area contributed by atoms with Gasteiger partial charge in [0, 0.05) is 6.04 Å². The van der Waals surface area contributed by atoms with Gasteiger partial charge >= 0.3 is 5.97 Å². The molecule has 86 valence electrons. The number of ether oxygens (including phenoxy) is 1. The fourth-order valence-electron chi connectivity index (χ4n) is 1.80. The highest BCUT2D eigenvalue weighted by molar-refractivity contribution is 5.78. The van der Waals surface area contributed by atoms with Gasteiger partial charge in [0.25, 0.3) is 0 Å². The zero-order valence-corrected chi connectivity index (χ0v) is 9.69. The smallest absolute Gasteiger partial charge is 0.327 e. The second kappa shape index (κ2) is 4.66. The zero-order chi connectivity index (χ0) is 11.5. The van der Waals surface area contributed by atoms with Crippen LogP contribution in [0.3, 0.4) is 0 Å². The van der Waals surface area contributed by atoms with Gasteiger partial charge in [-0.15, -0.1) is 0 Å². The number of methoxy groups -OCH3 is 1. The molecule has 0 heterocycles. The highest BCUT2D eigenvalue weighted by Gasteiger charge is 2.30. The molecule has 3 nitrogen and oxygen atoms in total. The first-order valence-corrected chi connectivity index (χ1v) is 5.62. The molecule has 0 saturated heterocycles. The van der Waals surface area contributed by atoms with Gasteiger partial charge in [0.15, 0.2) is 0 Å². The summed E-state index contributed by atoms with van der Waals surface area (Å²) in [5, 5.41) is 3.32. The molecule has 1 aromatic rings. The monoisotopic (exact) mass is 219 g/mol. The fourth-order valence-corrected chi connectivity index (χ4v) is 1.80. The number of nitrogens with one attached hydrogen (secondary N) is 1. The van der Waals surface area contributed by atoms with Gasteiger partial charge in [-0.1, -0.05) is 24.3 Å². The lowest BCUT2D eigenvalue weighted by Crippen LogP contribution is -2.31. The molecule has 2 rings (SSSR count). The van der Waals surface area contributed by atoms with E-state index in [9.17, 15) is 4.79 Å². The topological polar surface area (TPSA) is 38.3 Å². The highest BCUT2D eigenvalue weighted by Crippen LogP contribution is 2.26. The fraction of sp³-hybridized carbons (Fsp3) is 0.462. The molecule has 0 bridgehead atoms. The summed E-state index contributed by atoms with van der Waals surface area (Å²) in [5.41, 5.74) is 2.13. The van der Waals surface area contributed by atoms with E-state index in [1.807, 2.05) is 31.2 Å². The van der Waals surface area contributed by atoms with E-state index >= 15 is 0 Å². The van der Waals surface area contributed by atoms with Gasteiger partial charge in [0.05, 0.1) is 7.11 Å². The standard InChI is InChI=1S/C13H17NO2/c1-9-5-3-4-6-11(9)12(13(15)16-2)14-10-7-8-10/h3-6,10,12,14H,7-8H2,1-2H3. The molecule has 1 saturated carbocycles. The van der Waals surface area contributed by atoms with Crippen molar-refractivity contribution in [3.63, 3.8) is 0 Å². The molecule has 1 atom stereocenters. The molecular formula is C13H17NO2. The normalized spacial score (nSPS) is 16.9. The van der Waals surface area contributed by atoms with Crippen LogP contribution in [0.2, 0.25) is 0 Å². The molecule has 0 spiro atoms. The maximum Gasteiger partial charge on any atom is 0.327 e. The first-order chi connectivity index (χ1) is 7.72. The highest BCUT2D eigenvalue weighted by atomic mass is 16.5. The summed E-state index contributed by atoms with van der Waals surface area (Å²) in [5.74, 6) is -0.207. The molecule has 0 amide bonds. The lowest BCUT2D eigenvalue weighted by atomic mass is 10.0. The summed E-state index contributed by atoms with van der Waals surface area (Å²) in [4.78, 5) is 11.7. The number of rotatable bonds is 4. The van der Waals surface area contributed by atoms with Crippen molar-refractivity contribution in [1.29, 1.82) is 0 Å². The maximum atomic E-state index is 11.7. The molecule has 1 aliphatic carbocycles. The summed E-state index contributed by atoms with van der Waals surface area (Å²) in [6.45, 7) is 2.01. The van der Waals surface area contributed by atoms with Gasteiger partial charge in [0.2, 0.25) is 0 Å². The summed E-state index contributed by atoms with van der Waals surface area (Å²) in [6, 6.07) is 8.07. The van der Waals surface area contributed by atoms with Crippen LogP contribution in [0, 0.1) is 6.92 Å². The van der Waals surface area contributed by atoms with E-state index in [2.05, 4.69) is 5.32 Å². The Kier molecular flexibility index (Phi) is 3.25. The summed E-state index contributed by atoms with van der Waals surface area (Å²) in [7, 11) is 1.43. The van der Waals surface area contributed by atoms with Crippen molar-refractivity contribution in [1.82, 2.24) is 5.32 Å². The van der Waals surface area contributed by atoms with Gasteiger partial charge in [0.1, 0.15) is 6.04 Å². The predicted octanol–water partition coefficient (Wildman–Crippen LogP) is 1.96. The number of benzene rings is 1. The molecule has 16 heavy (non-hydrogen) atoms. The van der Waals surface area contributed by atoms with Crippen LogP contribution in [0.4, 0.5) is 0 Å². The van der Waals surface area contributed by atoms with Crippen LogP contribution in [0.25, 0.3) is 0 Å². The molecule has 0 aromatic heterocycles. The molecule has 0 radical (unpaired) electrons. The maximum absolute atomic E-state index is 11.7. The second-order valence-corrected chi connectivity index (χ2v) is 4.25. The van der Waals surface area contributed by atoms with E-state index in [1.165, 1.54) is 7.11 Å². The molecule has 1 unspecified atom stereocenters. The van der Waals surface area contributed by atoms with Crippen molar-refractivity contribution in [2.75, 3.05) is 7.11 Å². The largest absolute Gasteiger partial charge is 0.468 e. The van der Waals surface area contributed by atoms with Crippen molar-refractivity contribution in [3.05, 3.63) is 35.4 Å². The second-order valence-electron chi connectivity index (χ2n) is 4.25. The Morgan fingerprint density at radius 3 is 2.69 bits per heavy atom. The zero-order valence-electron chi connectivity index (χ0n) is 9.69. The van der Waals surface area contributed by atoms with Gasteiger partial charge in [-0.25, -0.2) is 4.79 Å². The summed E-state index contributed by atoms with van der Waals surface area (Å²) < 4.78 is 4.85. The van der Waals surface area contributed by atoms with Crippen LogP contribution in [-0.2, 0) is 9.53 Å². The molecule has 1 aliphatic rings. The minimum Gasteiger partial charge on any atom is -0.468 e. The van der Waals surface area contributed by atoms with Gasteiger partial charge in [-0.3, -0.25) is 5.32 Å². The quantitative estimate of drug-likeness (QED) is 0.787. The van der Waals surface area contributed by atoms with E-state index in [1.54, 1.807) is 0 Å². The van der Waals surface area contributed by atoms with Crippen LogP contribution >= 0.6 is 0 Å². The third-order valence-electron chi connectivity index (χ3n) is 2.92. The van der Waals surface area contributed by atoms with Crippen LogP contribution in [0.15, 0.2) is 24.3 Å². The van der Waals surface area contributed by atoms with Gasteiger partial charge < -0.3 is 4.74 Å². The van der Waals surface area contributed by atoms with Crippen LogP contribution in [0.5, 0.6) is 0 Å². The van der Waals surface area contributed by atoms with Crippen LogP contribution in [-0.4, -0.2) is 19.1 Å². The number of carbonyl (C=O) groups excluding carboxylic acids is 1. The van der Waals surface area contributed by atoms with Crippen molar-refractivity contribution >= 4 is 5.97 Å². The lowest BCUT2D eigenvalue weighted by Gasteiger charge is -2.18. The molecule has 1 N–H and O–H groups in total. The first kappa shape index (κ1) is 11.1. The van der Waals surface area contributed by atoms with E-state index in [-0.39, 0.29) is 12.0 Å². The number of hydrogen-bond acceptors (Lipinski definition) is 3. The van der Waals surface area contributed by atoms with Crippen LogP contribution in [0.1, 0.15) is 30.0 Å². The third-order valence-corrected chi connectivity index (χ3v) is 2.92. The van der Waals surface area contributed by atoms with Crippen LogP contribution < -0.4 is 5.32 Å². The Labute approximate surface area is 95.8 Å². The lowest BCUT2D eigenvalue weighted by molar-refractivity contribution is -0.143. The predicted molar refractivity (Wildman–Crippen MR) is 62.1 cm³/mol. The van der Waals surface area contributed by atoms with Gasteiger partial charge in [-0.05, 0) is 30.9 Å². The molecule has 3 heteroatoms. The molecule has 0 aliphatic heterocycles. The first-order valence-electron chi connectivity index (χ1n) is 5.62. The number of hydrogen-bond donors (Lipinski definition) is 1. The van der Waals surface area contributed by atoms with Crippen molar-refractivity contribution in [2.24, 2.45) is 0 Å². The van der Waals surface area contributed by atoms with Crippen molar-refractivity contribution in [3.8, 4) is 0 Å². The van der Waals surface area contributed by atoms with Gasteiger partial charge in [-0.2, -0.15) is 0 Å². The molecule has 1 aromatic carbocycles. The van der Waals surface area contributed by atoms with Crippen molar-refractivity contribution in [2.45, 2.75) is 31.8 Å². The average molecular weight is 219 g/mol. The van der Waals surface area contributed by atoms with E-state index in [0.29, 0.717) is 6.04 Å². The Bertz CT molecular complexity index is 385. The number of esters is 1. The average Bonchev–Trinajstić information content (AvgIpc) is 3.10. The minimum absolute atomic E-state index is 0.207. The van der Waals surface area contributed by atoms with E-state index < -0.39 is 0 Å². The third kappa shape index (κ3) is 2.42. The molecular weight excluding hydrogens is 202 g/mol. The Hall–Kier alpha value is -1.35. The van der Waals surface area contributed by atoms with E-state index in [0.717, 1.165) is 24.0 Å². The SMILES string of the molecule is COC(=O)C(NC1CC1)c1ccccc1C. The van der Waals surface area contributed by atoms with Crippen molar-refractivity contribution < 1.29 is 9.53 Å².